The maximum Gasteiger partial charge on any atom is 0.269 e. The first kappa shape index (κ1) is 14.0. The van der Waals surface area contributed by atoms with Gasteiger partial charge in [-0.1, -0.05) is 12.1 Å². The van der Waals surface area contributed by atoms with E-state index >= 15 is 0 Å². The summed E-state index contributed by atoms with van der Waals surface area (Å²) in [5.74, 6) is 0. The summed E-state index contributed by atoms with van der Waals surface area (Å²) in [7, 11) is 0. The lowest BCUT2D eigenvalue weighted by Gasteiger charge is -2.33. The van der Waals surface area contributed by atoms with Gasteiger partial charge in [-0.05, 0) is 31.9 Å². The Balaban J connectivity index is 1.77. The Hall–Kier alpha value is -1.46. The van der Waals surface area contributed by atoms with Gasteiger partial charge in [0.2, 0.25) is 0 Å². The van der Waals surface area contributed by atoms with Crippen LogP contribution in [0.1, 0.15) is 18.9 Å². The highest BCUT2D eigenvalue weighted by atomic mass is 16.6. The molecule has 0 radical (unpaired) electrons. The van der Waals surface area contributed by atoms with E-state index in [2.05, 4.69) is 17.1 Å². The van der Waals surface area contributed by atoms with Gasteiger partial charge in [-0.15, -0.1) is 0 Å². The second-order valence-corrected chi connectivity index (χ2v) is 5.12. The zero-order valence-corrected chi connectivity index (χ0v) is 11.3. The maximum absolute atomic E-state index is 10.6. The van der Waals surface area contributed by atoms with Crippen LogP contribution in [0, 0.1) is 10.1 Å². The third-order valence-corrected chi connectivity index (χ3v) is 3.70. The van der Waals surface area contributed by atoms with Gasteiger partial charge >= 0.3 is 0 Å². The molecule has 19 heavy (non-hydrogen) atoms. The number of non-ortho nitro benzene ring substituents is 1. The maximum atomic E-state index is 10.6. The molecule has 1 atom stereocenters. The number of hydrogen-bond acceptors (Lipinski definition) is 4. The fourth-order valence-corrected chi connectivity index (χ4v) is 2.49. The number of nitrogens with zero attached hydrogens (tertiary/aromatic N) is 2. The Labute approximate surface area is 113 Å². The summed E-state index contributed by atoms with van der Waals surface area (Å²) in [6.07, 6.45) is 2.08. The van der Waals surface area contributed by atoms with Crippen molar-refractivity contribution in [3.8, 4) is 0 Å². The standard InChI is InChI=1S/C14H21N3O2/c1-12-11-15-8-10-16(12)9-2-3-13-4-6-14(7-5-13)17(18)19/h4-7,12,15H,2-3,8-11H2,1H3. The zero-order chi connectivity index (χ0) is 13.7. The van der Waals surface area contributed by atoms with Crippen molar-refractivity contribution in [3.63, 3.8) is 0 Å². The molecule has 1 fully saturated rings. The van der Waals surface area contributed by atoms with Crippen molar-refractivity contribution < 1.29 is 4.92 Å². The molecule has 1 unspecified atom stereocenters. The SMILES string of the molecule is CC1CNCCN1CCCc1ccc([N+](=O)[O-])cc1. The van der Waals surface area contributed by atoms with Crippen LogP contribution in [0.2, 0.25) is 0 Å². The number of rotatable bonds is 5. The highest BCUT2D eigenvalue weighted by molar-refractivity contribution is 5.32. The van der Waals surface area contributed by atoms with Crippen molar-refractivity contribution in [2.45, 2.75) is 25.8 Å². The Morgan fingerprint density at radius 3 is 2.79 bits per heavy atom. The fraction of sp³-hybridized carbons (Fsp3) is 0.571. The molecule has 1 aromatic carbocycles. The number of piperazine rings is 1. The largest absolute Gasteiger partial charge is 0.314 e. The van der Waals surface area contributed by atoms with Crippen LogP contribution in [0.15, 0.2) is 24.3 Å². The fourth-order valence-electron chi connectivity index (χ4n) is 2.49. The summed E-state index contributed by atoms with van der Waals surface area (Å²) in [6, 6.07) is 7.50. The quantitative estimate of drug-likeness (QED) is 0.650. The Bertz CT molecular complexity index is 419. The zero-order valence-electron chi connectivity index (χ0n) is 11.3. The molecule has 1 saturated heterocycles. The molecule has 0 bridgehead atoms. The number of aryl methyl sites for hydroxylation is 1. The van der Waals surface area contributed by atoms with Crippen LogP contribution in [0.4, 0.5) is 5.69 Å². The van der Waals surface area contributed by atoms with Crippen molar-refractivity contribution in [1.82, 2.24) is 10.2 Å². The number of hydrogen-bond donors (Lipinski definition) is 1. The molecular weight excluding hydrogens is 242 g/mol. The van der Waals surface area contributed by atoms with E-state index in [0.29, 0.717) is 6.04 Å². The minimum absolute atomic E-state index is 0.166. The second-order valence-electron chi connectivity index (χ2n) is 5.12. The highest BCUT2D eigenvalue weighted by Crippen LogP contribution is 2.13. The molecule has 0 aromatic heterocycles. The van der Waals surface area contributed by atoms with Gasteiger partial charge in [-0.3, -0.25) is 15.0 Å². The van der Waals surface area contributed by atoms with Gasteiger partial charge in [-0.25, -0.2) is 0 Å². The normalized spacial score (nSPS) is 20.4. The van der Waals surface area contributed by atoms with Crippen molar-refractivity contribution in [2.75, 3.05) is 26.2 Å². The lowest BCUT2D eigenvalue weighted by Crippen LogP contribution is -2.49. The summed E-state index contributed by atoms with van der Waals surface area (Å²) >= 11 is 0. The Morgan fingerprint density at radius 1 is 1.42 bits per heavy atom. The minimum Gasteiger partial charge on any atom is -0.314 e. The van der Waals surface area contributed by atoms with Crippen molar-refractivity contribution >= 4 is 5.69 Å². The van der Waals surface area contributed by atoms with Gasteiger partial charge in [0.05, 0.1) is 4.92 Å². The average molecular weight is 263 g/mol. The van der Waals surface area contributed by atoms with Crippen molar-refractivity contribution in [2.24, 2.45) is 0 Å². The van der Waals surface area contributed by atoms with Crippen LogP contribution in [0.5, 0.6) is 0 Å². The topological polar surface area (TPSA) is 58.4 Å². The third kappa shape index (κ3) is 4.01. The smallest absolute Gasteiger partial charge is 0.269 e. The van der Waals surface area contributed by atoms with Crippen LogP contribution in [-0.2, 0) is 6.42 Å². The summed E-state index contributed by atoms with van der Waals surface area (Å²) in [5, 5.41) is 13.9. The van der Waals surface area contributed by atoms with Crippen LogP contribution < -0.4 is 5.32 Å². The van der Waals surface area contributed by atoms with Crippen molar-refractivity contribution in [1.29, 1.82) is 0 Å². The van der Waals surface area contributed by atoms with Crippen LogP contribution in [0.3, 0.4) is 0 Å². The van der Waals surface area contributed by atoms with E-state index in [1.54, 1.807) is 12.1 Å². The minimum atomic E-state index is -0.355. The molecule has 0 saturated carbocycles. The number of nitrogens with one attached hydrogen (secondary N) is 1. The molecular formula is C14H21N3O2. The van der Waals surface area contributed by atoms with E-state index in [1.807, 2.05) is 12.1 Å². The highest BCUT2D eigenvalue weighted by Gasteiger charge is 2.16. The lowest BCUT2D eigenvalue weighted by molar-refractivity contribution is -0.384. The Morgan fingerprint density at radius 2 is 2.16 bits per heavy atom. The van der Waals surface area contributed by atoms with E-state index < -0.39 is 0 Å². The van der Waals surface area contributed by atoms with Gasteiger partial charge in [0.25, 0.3) is 5.69 Å². The second kappa shape index (κ2) is 6.63. The molecule has 5 nitrogen and oxygen atoms in total. The molecule has 0 spiro atoms. The molecule has 2 rings (SSSR count). The molecule has 1 aliphatic heterocycles. The van der Waals surface area contributed by atoms with E-state index in [-0.39, 0.29) is 10.6 Å². The number of benzene rings is 1. The average Bonchev–Trinajstić information content (AvgIpc) is 2.41. The van der Waals surface area contributed by atoms with Gasteiger partial charge in [0.1, 0.15) is 0 Å². The molecule has 1 aromatic rings. The summed E-state index contributed by atoms with van der Waals surface area (Å²) in [4.78, 5) is 12.7. The molecule has 104 valence electrons. The first-order valence-electron chi connectivity index (χ1n) is 6.85. The lowest BCUT2D eigenvalue weighted by atomic mass is 10.1. The predicted molar refractivity (Wildman–Crippen MR) is 75.3 cm³/mol. The van der Waals surface area contributed by atoms with Crippen molar-refractivity contribution in [3.05, 3.63) is 39.9 Å². The van der Waals surface area contributed by atoms with E-state index in [1.165, 1.54) is 5.56 Å². The van der Waals surface area contributed by atoms with Crippen LogP contribution in [-0.4, -0.2) is 42.0 Å². The molecule has 0 aliphatic carbocycles. The number of nitro groups is 1. The van der Waals surface area contributed by atoms with Crippen LogP contribution >= 0.6 is 0 Å². The van der Waals surface area contributed by atoms with E-state index in [9.17, 15) is 10.1 Å². The molecule has 1 aliphatic rings. The summed E-state index contributed by atoms with van der Waals surface area (Å²) < 4.78 is 0. The first-order chi connectivity index (χ1) is 9.16. The summed E-state index contributed by atoms with van der Waals surface area (Å²) in [5.41, 5.74) is 1.34. The van der Waals surface area contributed by atoms with Crippen LogP contribution in [0.25, 0.3) is 0 Å². The third-order valence-electron chi connectivity index (χ3n) is 3.70. The monoisotopic (exact) mass is 263 g/mol. The van der Waals surface area contributed by atoms with Gasteiger partial charge in [0, 0.05) is 37.8 Å². The van der Waals surface area contributed by atoms with E-state index in [4.69, 9.17) is 0 Å². The van der Waals surface area contributed by atoms with Gasteiger partial charge in [-0.2, -0.15) is 0 Å². The molecule has 0 amide bonds. The van der Waals surface area contributed by atoms with E-state index in [0.717, 1.165) is 39.0 Å². The van der Waals surface area contributed by atoms with Gasteiger partial charge in [0.15, 0.2) is 0 Å². The van der Waals surface area contributed by atoms with Gasteiger partial charge < -0.3 is 5.32 Å². The molecule has 1 N–H and O–H groups in total. The molecule has 5 heteroatoms. The predicted octanol–water partition coefficient (Wildman–Crippen LogP) is 1.82. The first-order valence-corrected chi connectivity index (χ1v) is 6.85. The number of nitro benzene ring substituents is 1. The Kier molecular flexibility index (Phi) is 4.87. The molecule has 1 heterocycles. The summed E-state index contributed by atoms with van der Waals surface area (Å²) in [6.45, 7) is 6.60.